The summed E-state index contributed by atoms with van der Waals surface area (Å²) in [5.41, 5.74) is 2.37. The van der Waals surface area contributed by atoms with Gasteiger partial charge >= 0.3 is 0 Å². The summed E-state index contributed by atoms with van der Waals surface area (Å²) in [6.45, 7) is 3.00. The molecule has 1 heterocycles. The fourth-order valence-corrected chi connectivity index (χ4v) is 2.81. The third-order valence-corrected chi connectivity index (χ3v) is 3.84. The van der Waals surface area contributed by atoms with E-state index in [1.165, 1.54) is 16.1 Å². The molecule has 4 heteroatoms. The Morgan fingerprint density at radius 1 is 1.29 bits per heavy atom. The SMILES string of the molecule is CNCCc1nc(C)sc1-c1ccc(Cl)cc1. The van der Waals surface area contributed by atoms with E-state index in [9.17, 15) is 0 Å². The van der Waals surface area contributed by atoms with Crippen LogP contribution >= 0.6 is 22.9 Å². The zero-order valence-electron chi connectivity index (χ0n) is 9.96. The lowest BCUT2D eigenvalue weighted by molar-refractivity contribution is 0.779. The Bertz CT molecular complexity index is 491. The molecular weight excluding hydrogens is 252 g/mol. The van der Waals surface area contributed by atoms with Gasteiger partial charge in [0.2, 0.25) is 0 Å². The Morgan fingerprint density at radius 2 is 2.00 bits per heavy atom. The predicted molar refractivity (Wildman–Crippen MR) is 74.9 cm³/mol. The highest BCUT2D eigenvalue weighted by Crippen LogP contribution is 2.31. The fourth-order valence-electron chi connectivity index (χ4n) is 1.71. The van der Waals surface area contributed by atoms with Crippen molar-refractivity contribution in [3.63, 3.8) is 0 Å². The number of hydrogen-bond donors (Lipinski definition) is 1. The highest BCUT2D eigenvalue weighted by Gasteiger charge is 2.10. The van der Waals surface area contributed by atoms with Crippen LogP contribution in [0.3, 0.4) is 0 Å². The molecule has 0 aliphatic heterocycles. The van der Waals surface area contributed by atoms with E-state index in [-0.39, 0.29) is 0 Å². The number of halogens is 1. The molecule has 0 atom stereocenters. The van der Waals surface area contributed by atoms with Gasteiger partial charge in [-0.15, -0.1) is 11.3 Å². The number of aryl methyl sites for hydroxylation is 1. The molecule has 0 amide bonds. The van der Waals surface area contributed by atoms with Gasteiger partial charge in [-0.2, -0.15) is 0 Å². The summed E-state index contributed by atoms with van der Waals surface area (Å²) in [5.74, 6) is 0. The van der Waals surface area contributed by atoms with E-state index in [1.807, 2.05) is 26.1 Å². The Hall–Kier alpha value is -0.900. The number of benzene rings is 1. The predicted octanol–water partition coefficient (Wildman–Crippen LogP) is 3.53. The molecule has 0 spiro atoms. The van der Waals surface area contributed by atoms with Gasteiger partial charge in [0.05, 0.1) is 15.6 Å². The Balaban J connectivity index is 2.33. The lowest BCUT2D eigenvalue weighted by atomic mass is 10.1. The first-order chi connectivity index (χ1) is 8.20. The first-order valence-electron chi connectivity index (χ1n) is 5.57. The third-order valence-electron chi connectivity index (χ3n) is 2.52. The van der Waals surface area contributed by atoms with Crippen LogP contribution in [0.1, 0.15) is 10.7 Å². The maximum Gasteiger partial charge on any atom is 0.0903 e. The second-order valence-corrected chi connectivity index (χ2v) is 5.51. The van der Waals surface area contributed by atoms with Crippen molar-refractivity contribution in [3.05, 3.63) is 40.0 Å². The van der Waals surface area contributed by atoms with Crippen LogP contribution in [0.4, 0.5) is 0 Å². The summed E-state index contributed by atoms with van der Waals surface area (Å²) in [7, 11) is 1.96. The number of rotatable bonds is 4. The minimum Gasteiger partial charge on any atom is -0.319 e. The number of nitrogens with one attached hydrogen (secondary N) is 1. The molecule has 0 saturated heterocycles. The van der Waals surface area contributed by atoms with Crippen LogP contribution in [-0.4, -0.2) is 18.6 Å². The Kier molecular flexibility index (Phi) is 4.15. The van der Waals surface area contributed by atoms with Crippen molar-refractivity contribution in [1.82, 2.24) is 10.3 Å². The highest BCUT2D eigenvalue weighted by atomic mass is 35.5. The Labute approximate surface area is 111 Å². The number of thiazole rings is 1. The molecule has 17 heavy (non-hydrogen) atoms. The third kappa shape index (κ3) is 3.06. The average molecular weight is 267 g/mol. The largest absolute Gasteiger partial charge is 0.319 e. The van der Waals surface area contributed by atoms with Gasteiger partial charge in [-0.1, -0.05) is 23.7 Å². The molecule has 0 aliphatic rings. The van der Waals surface area contributed by atoms with Crippen molar-refractivity contribution < 1.29 is 0 Å². The number of likely N-dealkylation sites (N-methyl/N-ethyl adjacent to an activating group) is 1. The van der Waals surface area contributed by atoms with Gasteiger partial charge in [0.1, 0.15) is 0 Å². The molecule has 2 nitrogen and oxygen atoms in total. The Morgan fingerprint density at radius 3 is 2.65 bits per heavy atom. The molecule has 0 aliphatic carbocycles. The van der Waals surface area contributed by atoms with E-state index in [2.05, 4.69) is 22.4 Å². The number of nitrogens with zero attached hydrogens (tertiary/aromatic N) is 1. The number of aromatic nitrogens is 1. The van der Waals surface area contributed by atoms with Crippen LogP contribution in [0.5, 0.6) is 0 Å². The second-order valence-electron chi connectivity index (χ2n) is 3.87. The minimum atomic E-state index is 0.770. The molecule has 1 N–H and O–H groups in total. The van der Waals surface area contributed by atoms with E-state index in [0.29, 0.717) is 0 Å². The van der Waals surface area contributed by atoms with Crippen LogP contribution in [0.15, 0.2) is 24.3 Å². The van der Waals surface area contributed by atoms with Gasteiger partial charge in [-0.3, -0.25) is 0 Å². The van der Waals surface area contributed by atoms with Crippen molar-refractivity contribution in [2.24, 2.45) is 0 Å². The molecule has 2 rings (SSSR count). The van der Waals surface area contributed by atoms with Crippen molar-refractivity contribution in [1.29, 1.82) is 0 Å². The molecule has 0 unspecified atom stereocenters. The van der Waals surface area contributed by atoms with Crippen molar-refractivity contribution in [2.45, 2.75) is 13.3 Å². The van der Waals surface area contributed by atoms with Crippen molar-refractivity contribution in [2.75, 3.05) is 13.6 Å². The average Bonchev–Trinajstić information content (AvgIpc) is 2.69. The van der Waals surface area contributed by atoms with Gasteiger partial charge in [-0.25, -0.2) is 4.98 Å². The normalized spacial score (nSPS) is 10.8. The molecule has 0 saturated carbocycles. The second kappa shape index (κ2) is 5.63. The molecule has 1 aromatic carbocycles. The van der Waals surface area contributed by atoms with Crippen LogP contribution in [0.2, 0.25) is 5.02 Å². The maximum absolute atomic E-state index is 5.91. The molecule has 2 aromatic rings. The van der Waals surface area contributed by atoms with Gasteiger partial charge in [0.15, 0.2) is 0 Å². The zero-order valence-corrected chi connectivity index (χ0v) is 11.5. The lowest BCUT2D eigenvalue weighted by Crippen LogP contribution is -2.10. The molecule has 0 radical (unpaired) electrons. The van der Waals surface area contributed by atoms with Gasteiger partial charge in [-0.05, 0) is 31.7 Å². The minimum absolute atomic E-state index is 0.770. The first-order valence-corrected chi connectivity index (χ1v) is 6.77. The van der Waals surface area contributed by atoms with E-state index >= 15 is 0 Å². The molecular formula is C13H15ClN2S. The van der Waals surface area contributed by atoms with E-state index in [0.717, 1.165) is 23.0 Å². The van der Waals surface area contributed by atoms with Gasteiger partial charge < -0.3 is 5.32 Å². The standard InChI is InChI=1S/C13H15ClN2S/c1-9-16-12(7-8-15-2)13(17-9)10-3-5-11(14)6-4-10/h3-6,15H,7-8H2,1-2H3. The first kappa shape index (κ1) is 12.6. The highest BCUT2D eigenvalue weighted by molar-refractivity contribution is 7.15. The van der Waals surface area contributed by atoms with E-state index in [1.54, 1.807) is 11.3 Å². The van der Waals surface area contributed by atoms with Crippen LogP contribution < -0.4 is 5.32 Å². The summed E-state index contributed by atoms with van der Waals surface area (Å²) in [4.78, 5) is 5.85. The summed E-state index contributed by atoms with van der Waals surface area (Å²) in [5, 5.41) is 5.04. The summed E-state index contributed by atoms with van der Waals surface area (Å²) in [6.07, 6.45) is 0.957. The molecule has 0 bridgehead atoms. The van der Waals surface area contributed by atoms with Crippen molar-refractivity contribution >= 4 is 22.9 Å². The monoisotopic (exact) mass is 266 g/mol. The topological polar surface area (TPSA) is 24.9 Å². The van der Waals surface area contributed by atoms with E-state index < -0.39 is 0 Å². The fraction of sp³-hybridized carbons (Fsp3) is 0.308. The summed E-state index contributed by atoms with van der Waals surface area (Å²) < 4.78 is 0. The van der Waals surface area contributed by atoms with E-state index in [4.69, 9.17) is 11.6 Å². The smallest absolute Gasteiger partial charge is 0.0903 e. The maximum atomic E-state index is 5.91. The van der Waals surface area contributed by atoms with Crippen LogP contribution in [-0.2, 0) is 6.42 Å². The summed E-state index contributed by atoms with van der Waals surface area (Å²) in [6, 6.07) is 7.96. The quantitative estimate of drug-likeness (QED) is 0.916. The van der Waals surface area contributed by atoms with Gasteiger partial charge in [0.25, 0.3) is 0 Å². The zero-order chi connectivity index (χ0) is 12.3. The van der Waals surface area contributed by atoms with Gasteiger partial charge in [0, 0.05) is 18.0 Å². The molecule has 1 aromatic heterocycles. The molecule has 90 valence electrons. The van der Waals surface area contributed by atoms with Crippen LogP contribution in [0, 0.1) is 6.92 Å². The number of hydrogen-bond acceptors (Lipinski definition) is 3. The van der Waals surface area contributed by atoms with Crippen LogP contribution in [0.25, 0.3) is 10.4 Å². The lowest BCUT2D eigenvalue weighted by Gasteiger charge is -2.02. The summed E-state index contributed by atoms with van der Waals surface area (Å²) >= 11 is 7.65. The molecule has 0 fully saturated rings. The van der Waals surface area contributed by atoms with Crippen molar-refractivity contribution in [3.8, 4) is 10.4 Å².